The van der Waals surface area contributed by atoms with Crippen LogP contribution in [0.4, 0.5) is 0 Å². The average Bonchev–Trinajstić information content (AvgIpc) is 2.14. The van der Waals surface area contributed by atoms with Gasteiger partial charge < -0.3 is 11.1 Å². The molecule has 0 unspecified atom stereocenters. The van der Waals surface area contributed by atoms with Crippen LogP contribution in [0.1, 0.15) is 60.3 Å². The molecular weight excluding hydrogens is 212 g/mol. The van der Waals surface area contributed by atoms with Crippen LogP contribution in [-0.2, 0) is 4.79 Å². The summed E-state index contributed by atoms with van der Waals surface area (Å²) in [7, 11) is 0. The zero-order valence-electron chi connectivity index (χ0n) is 12.0. The van der Waals surface area contributed by atoms with E-state index in [-0.39, 0.29) is 5.91 Å². The highest BCUT2D eigenvalue weighted by atomic mass is 16.2. The maximum atomic E-state index is 12.2. The predicted molar refractivity (Wildman–Crippen MR) is 71.6 cm³/mol. The fraction of sp³-hybridized carbons (Fsp3) is 0.929. The van der Waals surface area contributed by atoms with E-state index >= 15 is 0 Å². The van der Waals surface area contributed by atoms with Crippen LogP contribution in [0.15, 0.2) is 0 Å². The Balaban J connectivity index is 2.55. The fourth-order valence-corrected chi connectivity index (χ4v) is 2.11. The van der Waals surface area contributed by atoms with E-state index in [0.717, 1.165) is 13.0 Å². The van der Waals surface area contributed by atoms with Crippen LogP contribution in [0, 0.1) is 10.8 Å². The Labute approximate surface area is 106 Å². The predicted octanol–water partition coefficient (Wildman–Crippen LogP) is 2.45. The van der Waals surface area contributed by atoms with Crippen LogP contribution >= 0.6 is 0 Å². The SMILES string of the molecule is CCC1(CNC(=O)C(C)(C)C(C)(C)N)CCC1. The Bertz CT molecular complexity index is 280. The summed E-state index contributed by atoms with van der Waals surface area (Å²) < 4.78 is 0. The molecule has 1 fully saturated rings. The first-order valence-electron chi connectivity index (χ1n) is 6.72. The van der Waals surface area contributed by atoms with Gasteiger partial charge in [-0.2, -0.15) is 0 Å². The number of amides is 1. The summed E-state index contributed by atoms with van der Waals surface area (Å²) in [6.07, 6.45) is 4.95. The highest BCUT2D eigenvalue weighted by Crippen LogP contribution is 2.43. The largest absolute Gasteiger partial charge is 0.355 e. The lowest BCUT2D eigenvalue weighted by Gasteiger charge is -2.43. The first-order chi connectivity index (χ1) is 7.65. The van der Waals surface area contributed by atoms with Gasteiger partial charge in [-0.1, -0.05) is 13.3 Å². The molecule has 0 aromatic rings. The molecule has 0 aliphatic heterocycles. The standard InChI is InChI=1S/C14H28N2O/c1-6-14(8-7-9-14)10-16-11(17)12(2,3)13(4,5)15/h6-10,15H2,1-5H3,(H,16,17). The van der Waals surface area contributed by atoms with Crippen molar-refractivity contribution in [2.24, 2.45) is 16.6 Å². The molecule has 1 rings (SSSR count). The molecule has 17 heavy (non-hydrogen) atoms. The van der Waals surface area contributed by atoms with Crippen LogP contribution < -0.4 is 11.1 Å². The van der Waals surface area contributed by atoms with Gasteiger partial charge in [0, 0.05) is 12.1 Å². The number of hydrogen-bond acceptors (Lipinski definition) is 2. The Hall–Kier alpha value is -0.570. The van der Waals surface area contributed by atoms with Gasteiger partial charge in [0.1, 0.15) is 0 Å². The normalized spacial score (nSPS) is 19.6. The second-order valence-electron chi connectivity index (χ2n) is 6.74. The van der Waals surface area contributed by atoms with Gasteiger partial charge in [-0.15, -0.1) is 0 Å². The van der Waals surface area contributed by atoms with Crippen molar-refractivity contribution in [2.45, 2.75) is 65.8 Å². The maximum Gasteiger partial charge on any atom is 0.227 e. The Morgan fingerprint density at radius 1 is 1.29 bits per heavy atom. The fourth-order valence-electron chi connectivity index (χ4n) is 2.11. The Morgan fingerprint density at radius 2 is 1.82 bits per heavy atom. The molecular formula is C14H28N2O. The van der Waals surface area contributed by atoms with Gasteiger partial charge in [0.05, 0.1) is 5.41 Å². The number of carbonyl (C=O) groups excluding carboxylic acids is 1. The second-order valence-corrected chi connectivity index (χ2v) is 6.74. The first kappa shape index (κ1) is 14.5. The van der Waals surface area contributed by atoms with E-state index in [1.54, 1.807) is 0 Å². The summed E-state index contributed by atoms with van der Waals surface area (Å²) in [5.41, 5.74) is 5.40. The number of rotatable bonds is 5. The molecule has 0 radical (unpaired) electrons. The average molecular weight is 240 g/mol. The number of hydrogen-bond donors (Lipinski definition) is 2. The number of carbonyl (C=O) groups is 1. The maximum absolute atomic E-state index is 12.2. The highest BCUT2D eigenvalue weighted by Gasteiger charge is 2.42. The van der Waals surface area contributed by atoms with Crippen molar-refractivity contribution in [3.05, 3.63) is 0 Å². The van der Waals surface area contributed by atoms with Crippen molar-refractivity contribution in [1.29, 1.82) is 0 Å². The molecule has 1 saturated carbocycles. The van der Waals surface area contributed by atoms with E-state index in [4.69, 9.17) is 5.73 Å². The summed E-state index contributed by atoms with van der Waals surface area (Å²) >= 11 is 0. The van der Waals surface area contributed by atoms with Gasteiger partial charge in [0.15, 0.2) is 0 Å². The van der Waals surface area contributed by atoms with Crippen molar-refractivity contribution in [2.75, 3.05) is 6.54 Å². The van der Waals surface area contributed by atoms with E-state index in [9.17, 15) is 4.79 Å². The molecule has 0 saturated heterocycles. The van der Waals surface area contributed by atoms with E-state index < -0.39 is 11.0 Å². The van der Waals surface area contributed by atoms with Gasteiger partial charge in [-0.05, 0) is 52.4 Å². The quantitative estimate of drug-likeness (QED) is 0.775. The molecule has 100 valence electrons. The smallest absolute Gasteiger partial charge is 0.227 e. The lowest BCUT2D eigenvalue weighted by molar-refractivity contribution is -0.133. The zero-order valence-corrected chi connectivity index (χ0v) is 12.0. The van der Waals surface area contributed by atoms with Crippen LogP contribution in [0.2, 0.25) is 0 Å². The van der Waals surface area contributed by atoms with E-state index in [1.165, 1.54) is 19.3 Å². The molecule has 3 heteroatoms. The molecule has 3 nitrogen and oxygen atoms in total. The molecule has 0 aromatic heterocycles. The minimum absolute atomic E-state index is 0.0738. The minimum Gasteiger partial charge on any atom is -0.355 e. The lowest BCUT2D eigenvalue weighted by Crippen LogP contribution is -2.57. The minimum atomic E-state index is -0.536. The van der Waals surface area contributed by atoms with Crippen molar-refractivity contribution < 1.29 is 4.79 Å². The lowest BCUT2D eigenvalue weighted by atomic mass is 9.66. The van der Waals surface area contributed by atoms with Crippen LogP contribution in [0.5, 0.6) is 0 Å². The zero-order chi connectivity index (χ0) is 13.3. The Kier molecular flexibility index (Phi) is 3.92. The molecule has 0 atom stereocenters. The van der Waals surface area contributed by atoms with Crippen molar-refractivity contribution in [3.8, 4) is 0 Å². The third-order valence-corrected chi connectivity index (χ3v) is 4.97. The van der Waals surface area contributed by atoms with Crippen molar-refractivity contribution in [3.63, 3.8) is 0 Å². The van der Waals surface area contributed by atoms with Gasteiger partial charge in [-0.3, -0.25) is 4.79 Å². The third kappa shape index (κ3) is 2.82. The highest BCUT2D eigenvalue weighted by molar-refractivity contribution is 5.83. The van der Waals surface area contributed by atoms with E-state index in [2.05, 4.69) is 12.2 Å². The van der Waals surface area contributed by atoms with Crippen molar-refractivity contribution in [1.82, 2.24) is 5.32 Å². The summed E-state index contributed by atoms with van der Waals surface area (Å²) in [6, 6.07) is 0. The van der Waals surface area contributed by atoms with Crippen LogP contribution in [-0.4, -0.2) is 18.0 Å². The van der Waals surface area contributed by atoms with E-state index in [0.29, 0.717) is 5.41 Å². The third-order valence-electron chi connectivity index (χ3n) is 4.97. The van der Waals surface area contributed by atoms with Gasteiger partial charge in [0.2, 0.25) is 5.91 Å². The van der Waals surface area contributed by atoms with Crippen LogP contribution in [0.25, 0.3) is 0 Å². The molecule has 0 aromatic carbocycles. The summed E-state index contributed by atoms with van der Waals surface area (Å²) in [5.74, 6) is 0.0738. The Morgan fingerprint density at radius 3 is 2.12 bits per heavy atom. The molecule has 1 aliphatic rings. The topological polar surface area (TPSA) is 55.1 Å². The van der Waals surface area contributed by atoms with Gasteiger partial charge in [0.25, 0.3) is 0 Å². The van der Waals surface area contributed by atoms with Gasteiger partial charge in [-0.25, -0.2) is 0 Å². The molecule has 3 N–H and O–H groups in total. The summed E-state index contributed by atoms with van der Waals surface area (Å²) in [6.45, 7) is 10.7. The second kappa shape index (κ2) is 4.60. The molecule has 0 heterocycles. The number of nitrogens with one attached hydrogen (secondary N) is 1. The number of nitrogens with two attached hydrogens (primary N) is 1. The van der Waals surface area contributed by atoms with Crippen LogP contribution in [0.3, 0.4) is 0 Å². The van der Waals surface area contributed by atoms with Gasteiger partial charge >= 0.3 is 0 Å². The molecule has 0 bridgehead atoms. The molecule has 1 amide bonds. The summed E-state index contributed by atoms with van der Waals surface area (Å²) in [4.78, 5) is 12.2. The van der Waals surface area contributed by atoms with E-state index in [1.807, 2.05) is 27.7 Å². The monoisotopic (exact) mass is 240 g/mol. The first-order valence-corrected chi connectivity index (χ1v) is 6.72. The molecule has 0 spiro atoms. The summed E-state index contributed by atoms with van der Waals surface area (Å²) in [5, 5.41) is 3.10. The molecule has 1 aliphatic carbocycles. The van der Waals surface area contributed by atoms with Crippen molar-refractivity contribution >= 4 is 5.91 Å².